The highest BCUT2D eigenvalue weighted by Gasteiger charge is 2.31. The van der Waals surface area contributed by atoms with Gasteiger partial charge in [0.05, 0.1) is 5.92 Å². The summed E-state index contributed by atoms with van der Waals surface area (Å²) in [4.78, 5) is 36.6. The number of carboxylic acids is 1. The van der Waals surface area contributed by atoms with Crippen LogP contribution in [0, 0.1) is 11.8 Å². The molecule has 0 bridgehead atoms. The van der Waals surface area contributed by atoms with Crippen LogP contribution in [0.25, 0.3) is 11.1 Å². The summed E-state index contributed by atoms with van der Waals surface area (Å²) in [7, 11) is 0. The van der Waals surface area contributed by atoms with Gasteiger partial charge < -0.3 is 20.5 Å². The van der Waals surface area contributed by atoms with Gasteiger partial charge in [-0.3, -0.25) is 9.59 Å². The van der Waals surface area contributed by atoms with Gasteiger partial charge in [-0.05, 0) is 34.6 Å². The second-order valence-electron chi connectivity index (χ2n) is 8.52. The van der Waals surface area contributed by atoms with Crippen molar-refractivity contribution in [3.63, 3.8) is 0 Å². The van der Waals surface area contributed by atoms with Crippen molar-refractivity contribution in [1.29, 1.82) is 0 Å². The first-order valence-corrected chi connectivity index (χ1v) is 11.5. The maximum Gasteiger partial charge on any atom is 0.407 e. The third-order valence-corrected chi connectivity index (χ3v) is 6.48. The molecule has 0 spiro atoms. The number of nitrogens with one attached hydrogen (secondary N) is 2. The number of carbonyl (C=O) groups is 3. The first kappa shape index (κ1) is 24.3. The van der Waals surface area contributed by atoms with Gasteiger partial charge in [-0.2, -0.15) is 0 Å². The number of ether oxygens (including phenoxy) is 1. The van der Waals surface area contributed by atoms with Gasteiger partial charge in [0.25, 0.3) is 0 Å². The summed E-state index contributed by atoms with van der Waals surface area (Å²) in [5.74, 6) is -2.24. The summed E-state index contributed by atoms with van der Waals surface area (Å²) in [5, 5.41) is 14.6. The Bertz CT molecular complexity index is 960. The molecule has 3 rings (SSSR count). The number of hydrogen-bond acceptors (Lipinski definition) is 4. The number of hydrogen-bond donors (Lipinski definition) is 3. The van der Waals surface area contributed by atoms with E-state index in [0.717, 1.165) is 22.3 Å². The van der Waals surface area contributed by atoms with Crippen molar-refractivity contribution in [2.45, 2.75) is 45.6 Å². The summed E-state index contributed by atoms with van der Waals surface area (Å²) in [6.07, 6.45) is 0.406. The molecule has 33 heavy (non-hydrogen) atoms. The number of rotatable bonds is 10. The Hall–Kier alpha value is -3.35. The van der Waals surface area contributed by atoms with E-state index < -0.39 is 29.9 Å². The lowest BCUT2D eigenvalue weighted by molar-refractivity contribution is -0.141. The van der Waals surface area contributed by atoms with Crippen LogP contribution < -0.4 is 10.6 Å². The molecule has 3 atom stereocenters. The van der Waals surface area contributed by atoms with Crippen LogP contribution in [-0.2, 0) is 14.3 Å². The fourth-order valence-electron chi connectivity index (χ4n) is 4.21. The van der Waals surface area contributed by atoms with Crippen molar-refractivity contribution in [3.05, 3.63) is 59.7 Å². The van der Waals surface area contributed by atoms with E-state index in [4.69, 9.17) is 4.74 Å². The van der Waals surface area contributed by atoms with Gasteiger partial charge in [-0.15, -0.1) is 0 Å². The first-order valence-electron chi connectivity index (χ1n) is 11.5. The summed E-state index contributed by atoms with van der Waals surface area (Å²) < 4.78 is 5.58. The summed E-state index contributed by atoms with van der Waals surface area (Å²) in [5.41, 5.74) is 4.51. The number of amides is 2. The quantitative estimate of drug-likeness (QED) is 0.502. The van der Waals surface area contributed by atoms with E-state index in [0.29, 0.717) is 12.8 Å². The van der Waals surface area contributed by atoms with Crippen molar-refractivity contribution >= 4 is 18.0 Å². The second kappa shape index (κ2) is 11.0. The third kappa shape index (κ3) is 5.53. The zero-order valence-electron chi connectivity index (χ0n) is 19.3. The molecule has 2 aromatic rings. The smallest absolute Gasteiger partial charge is 0.407 e. The normalized spacial score (nSPS) is 15.0. The molecule has 2 amide bonds. The van der Waals surface area contributed by atoms with E-state index >= 15 is 0 Å². The van der Waals surface area contributed by atoms with Gasteiger partial charge in [0, 0.05) is 12.5 Å². The molecule has 2 aromatic carbocycles. The molecular weight excluding hydrogens is 420 g/mol. The van der Waals surface area contributed by atoms with Crippen molar-refractivity contribution in [2.75, 3.05) is 13.2 Å². The molecule has 7 heteroatoms. The largest absolute Gasteiger partial charge is 0.481 e. The van der Waals surface area contributed by atoms with Crippen molar-refractivity contribution in [1.82, 2.24) is 10.6 Å². The topological polar surface area (TPSA) is 105 Å². The number of alkyl carbamates (subject to hydrolysis) is 1. The van der Waals surface area contributed by atoms with Crippen LogP contribution in [0.15, 0.2) is 48.5 Å². The zero-order chi connectivity index (χ0) is 24.0. The van der Waals surface area contributed by atoms with Crippen LogP contribution in [0.3, 0.4) is 0 Å². The molecule has 0 radical (unpaired) electrons. The number of carboxylic acid groups (broad SMARTS) is 1. The van der Waals surface area contributed by atoms with Crippen molar-refractivity contribution < 1.29 is 24.2 Å². The average molecular weight is 453 g/mol. The molecule has 7 nitrogen and oxygen atoms in total. The van der Waals surface area contributed by atoms with Gasteiger partial charge in [0.15, 0.2) is 0 Å². The van der Waals surface area contributed by atoms with E-state index in [1.54, 1.807) is 6.92 Å². The maximum atomic E-state index is 12.7. The molecule has 0 heterocycles. The highest BCUT2D eigenvalue weighted by atomic mass is 16.5. The van der Waals surface area contributed by atoms with Crippen molar-refractivity contribution in [2.24, 2.45) is 11.8 Å². The van der Waals surface area contributed by atoms with E-state index in [1.807, 2.05) is 50.2 Å². The Kier molecular flexibility index (Phi) is 8.09. The minimum Gasteiger partial charge on any atom is -0.481 e. The molecular formula is C26H32N2O5. The number of benzene rings is 2. The Balaban J connectivity index is 1.64. The van der Waals surface area contributed by atoms with Crippen LogP contribution in [-0.4, -0.2) is 42.3 Å². The summed E-state index contributed by atoms with van der Waals surface area (Å²) >= 11 is 0. The molecule has 176 valence electrons. The predicted octanol–water partition coefficient (Wildman–Crippen LogP) is 4.17. The minimum atomic E-state index is -0.956. The monoisotopic (exact) mass is 452 g/mol. The van der Waals surface area contributed by atoms with Gasteiger partial charge in [-0.1, -0.05) is 75.7 Å². The van der Waals surface area contributed by atoms with Crippen LogP contribution in [0.2, 0.25) is 0 Å². The van der Waals surface area contributed by atoms with Crippen LogP contribution in [0.1, 0.15) is 50.7 Å². The molecule has 0 saturated heterocycles. The molecule has 0 fully saturated rings. The SMILES string of the molecule is CCC(CNC(=O)[C@@H](NC(=O)OCC1c2ccccc2-c2ccccc21)[C@@H](C)CC)C(=O)O. The Morgan fingerprint density at radius 1 is 0.970 bits per heavy atom. The maximum absolute atomic E-state index is 12.7. The zero-order valence-corrected chi connectivity index (χ0v) is 19.3. The Morgan fingerprint density at radius 2 is 1.55 bits per heavy atom. The van der Waals surface area contributed by atoms with Crippen LogP contribution in [0.4, 0.5) is 4.79 Å². The molecule has 1 aliphatic carbocycles. The minimum absolute atomic E-state index is 0.0178. The van der Waals surface area contributed by atoms with Gasteiger partial charge in [0.2, 0.25) is 5.91 Å². The second-order valence-corrected chi connectivity index (χ2v) is 8.52. The first-order chi connectivity index (χ1) is 15.9. The Morgan fingerprint density at radius 3 is 2.06 bits per heavy atom. The molecule has 0 aliphatic heterocycles. The molecule has 1 aliphatic rings. The lowest BCUT2D eigenvalue weighted by Gasteiger charge is -2.24. The fraction of sp³-hybridized carbons (Fsp3) is 0.423. The highest BCUT2D eigenvalue weighted by molar-refractivity contribution is 5.86. The predicted molar refractivity (Wildman–Crippen MR) is 126 cm³/mol. The Labute approximate surface area is 194 Å². The van der Waals surface area contributed by atoms with E-state index in [9.17, 15) is 19.5 Å². The lowest BCUT2D eigenvalue weighted by Crippen LogP contribution is -2.51. The molecule has 0 aromatic heterocycles. The summed E-state index contributed by atoms with van der Waals surface area (Å²) in [6, 6.07) is 15.4. The number of carbonyl (C=O) groups excluding carboxylic acids is 2. The number of fused-ring (bicyclic) bond motifs is 3. The third-order valence-electron chi connectivity index (χ3n) is 6.48. The van der Waals surface area contributed by atoms with E-state index in [1.165, 1.54) is 0 Å². The summed E-state index contributed by atoms with van der Waals surface area (Å²) in [6.45, 7) is 5.72. The molecule has 3 N–H and O–H groups in total. The lowest BCUT2D eigenvalue weighted by atomic mass is 9.98. The standard InChI is InChI=1S/C26H32N2O5/c1-4-16(3)23(24(29)27-14-17(5-2)25(30)31)28-26(32)33-15-22-20-12-8-6-10-18(20)19-11-7-9-13-21(19)22/h6-13,16-17,22-23H,4-5,14-15H2,1-3H3,(H,27,29)(H,28,32)(H,30,31)/t16-,17?,23-/m0/s1. The van der Waals surface area contributed by atoms with Crippen LogP contribution in [0.5, 0.6) is 0 Å². The molecule has 1 unspecified atom stereocenters. The van der Waals surface area contributed by atoms with E-state index in [-0.39, 0.29) is 25.0 Å². The van der Waals surface area contributed by atoms with Crippen LogP contribution >= 0.6 is 0 Å². The fourth-order valence-corrected chi connectivity index (χ4v) is 4.21. The number of aliphatic carboxylic acids is 1. The van der Waals surface area contributed by atoms with Crippen molar-refractivity contribution in [3.8, 4) is 11.1 Å². The average Bonchev–Trinajstić information content (AvgIpc) is 3.14. The van der Waals surface area contributed by atoms with Gasteiger partial charge >= 0.3 is 12.1 Å². The highest BCUT2D eigenvalue weighted by Crippen LogP contribution is 2.44. The van der Waals surface area contributed by atoms with Gasteiger partial charge in [0.1, 0.15) is 12.6 Å². The molecule has 0 saturated carbocycles. The van der Waals surface area contributed by atoms with E-state index in [2.05, 4.69) is 22.8 Å². The van der Waals surface area contributed by atoms with Gasteiger partial charge in [-0.25, -0.2) is 4.79 Å².